The minimum atomic E-state index is -1.22. The van der Waals surface area contributed by atoms with Crippen molar-refractivity contribution >= 4 is 29.2 Å². The number of nitro groups is 1. The van der Waals surface area contributed by atoms with Crippen molar-refractivity contribution in [3.63, 3.8) is 0 Å². The summed E-state index contributed by atoms with van der Waals surface area (Å²) < 4.78 is 5.30. The number of carbonyl (C=O) groups is 2. The molecular formula is C17H15ClN2O5. The predicted octanol–water partition coefficient (Wildman–Crippen LogP) is 3.23. The summed E-state index contributed by atoms with van der Waals surface area (Å²) in [6.07, 6.45) is -1.22. The maximum absolute atomic E-state index is 12.5. The van der Waals surface area contributed by atoms with E-state index in [-0.39, 0.29) is 10.6 Å². The van der Waals surface area contributed by atoms with E-state index in [0.717, 1.165) is 12.1 Å². The highest BCUT2D eigenvalue weighted by Crippen LogP contribution is 2.27. The average Bonchev–Trinajstić information content (AvgIpc) is 2.59. The number of ether oxygens (including phenoxy) is 1. The fourth-order valence-electron chi connectivity index (χ4n) is 2.12. The molecule has 0 saturated heterocycles. The third-order valence-electron chi connectivity index (χ3n) is 3.37. The highest BCUT2D eigenvalue weighted by Gasteiger charge is 2.30. The molecule has 2 rings (SSSR count). The zero-order valence-electron chi connectivity index (χ0n) is 13.5. The molecular weight excluding hydrogens is 348 g/mol. The number of amides is 1. The SMILES string of the molecule is CN(C)C(=O)[C@@H](OC(=O)c1cc(Cl)ccc1[N+](=O)[O-])c1ccccc1. The molecule has 1 atom stereocenters. The molecule has 130 valence electrons. The van der Waals surface area contributed by atoms with Crippen LogP contribution in [0.5, 0.6) is 0 Å². The van der Waals surface area contributed by atoms with Crippen molar-refractivity contribution in [3.8, 4) is 0 Å². The molecule has 0 fully saturated rings. The predicted molar refractivity (Wildman–Crippen MR) is 91.4 cm³/mol. The first-order valence-electron chi connectivity index (χ1n) is 7.22. The summed E-state index contributed by atoms with van der Waals surface area (Å²) in [4.78, 5) is 36.5. The molecule has 0 aliphatic rings. The van der Waals surface area contributed by atoms with Gasteiger partial charge in [-0.15, -0.1) is 0 Å². The number of esters is 1. The fraction of sp³-hybridized carbons (Fsp3) is 0.176. The highest BCUT2D eigenvalue weighted by atomic mass is 35.5. The van der Waals surface area contributed by atoms with Crippen molar-refractivity contribution in [2.45, 2.75) is 6.10 Å². The maximum Gasteiger partial charge on any atom is 0.346 e. The summed E-state index contributed by atoms with van der Waals surface area (Å²) in [5.41, 5.74) is -0.303. The van der Waals surface area contributed by atoms with E-state index in [4.69, 9.17) is 16.3 Å². The monoisotopic (exact) mass is 362 g/mol. The second kappa shape index (κ2) is 7.76. The lowest BCUT2D eigenvalue weighted by Crippen LogP contribution is -2.31. The van der Waals surface area contributed by atoms with Gasteiger partial charge in [0.25, 0.3) is 11.6 Å². The Morgan fingerprint density at radius 2 is 1.80 bits per heavy atom. The number of likely N-dealkylation sites (N-methyl/N-ethyl adjacent to an activating group) is 1. The van der Waals surface area contributed by atoms with E-state index in [0.29, 0.717) is 5.56 Å². The lowest BCUT2D eigenvalue weighted by molar-refractivity contribution is -0.385. The molecule has 7 nitrogen and oxygen atoms in total. The van der Waals surface area contributed by atoms with Crippen LogP contribution in [0.15, 0.2) is 48.5 Å². The molecule has 0 bridgehead atoms. The lowest BCUT2D eigenvalue weighted by atomic mass is 10.1. The number of rotatable bonds is 5. The van der Waals surface area contributed by atoms with Crippen LogP contribution in [-0.4, -0.2) is 35.8 Å². The van der Waals surface area contributed by atoms with E-state index in [1.165, 1.54) is 25.1 Å². The number of hydrogen-bond acceptors (Lipinski definition) is 5. The van der Waals surface area contributed by atoms with Gasteiger partial charge in [0.1, 0.15) is 5.56 Å². The summed E-state index contributed by atoms with van der Waals surface area (Å²) >= 11 is 5.83. The van der Waals surface area contributed by atoms with Crippen LogP contribution in [-0.2, 0) is 9.53 Å². The molecule has 0 aromatic heterocycles. The third-order valence-corrected chi connectivity index (χ3v) is 3.60. The van der Waals surface area contributed by atoms with Crippen LogP contribution in [0.4, 0.5) is 5.69 Å². The van der Waals surface area contributed by atoms with Crippen molar-refractivity contribution in [1.82, 2.24) is 4.90 Å². The molecule has 8 heteroatoms. The summed E-state index contributed by atoms with van der Waals surface area (Å²) in [5, 5.41) is 11.3. The third kappa shape index (κ3) is 4.33. The number of nitro benzene ring substituents is 1. The van der Waals surface area contributed by atoms with Gasteiger partial charge < -0.3 is 9.64 Å². The van der Waals surface area contributed by atoms with Gasteiger partial charge >= 0.3 is 5.97 Å². The van der Waals surface area contributed by atoms with Gasteiger partial charge in [0.15, 0.2) is 0 Å². The van der Waals surface area contributed by atoms with Crippen molar-refractivity contribution in [3.05, 3.63) is 74.8 Å². The Labute approximate surface area is 148 Å². The molecule has 0 saturated carbocycles. The van der Waals surface area contributed by atoms with E-state index >= 15 is 0 Å². The Kier molecular flexibility index (Phi) is 5.71. The van der Waals surface area contributed by atoms with Crippen LogP contribution < -0.4 is 0 Å². The van der Waals surface area contributed by atoms with Crippen molar-refractivity contribution < 1.29 is 19.2 Å². The average molecular weight is 363 g/mol. The Balaban J connectivity index is 2.40. The number of carbonyl (C=O) groups excluding carboxylic acids is 2. The molecule has 25 heavy (non-hydrogen) atoms. The lowest BCUT2D eigenvalue weighted by Gasteiger charge is -2.21. The second-order valence-corrected chi connectivity index (χ2v) is 5.78. The van der Waals surface area contributed by atoms with Gasteiger partial charge in [0, 0.05) is 30.7 Å². The molecule has 1 amide bonds. The number of halogens is 1. The van der Waals surface area contributed by atoms with E-state index in [1.807, 2.05) is 0 Å². The fourth-order valence-corrected chi connectivity index (χ4v) is 2.30. The summed E-state index contributed by atoms with van der Waals surface area (Å²) in [5.74, 6) is -1.47. The number of benzene rings is 2. The highest BCUT2D eigenvalue weighted by molar-refractivity contribution is 6.31. The van der Waals surface area contributed by atoms with Gasteiger partial charge in [-0.05, 0) is 12.1 Å². The molecule has 0 N–H and O–H groups in total. The topological polar surface area (TPSA) is 89.8 Å². The number of hydrogen-bond donors (Lipinski definition) is 0. The van der Waals surface area contributed by atoms with Crippen molar-refractivity contribution in [1.29, 1.82) is 0 Å². The first-order valence-corrected chi connectivity index (χ1v) is 7.60. The van der Waals surface area contributed by atoms with Crippen LogP contribution in [0.2, 0.25) is 5.02 Å². The summed E-state index contributed by atoms with van der Waals surface area (Å²) in [6.45, 7) is 0. The zero-order valence-corrected chi connectivity index (χ0v) is 14.3. The molecule has 2 aromatic carbocycles. The quantitative estimate of drug-likeness (QED) is 0.462. The molecule has 0 aliphatic heterocycles. The van der Waals surface area contributed by atoms with Crippen LogP contribution in [0.3, 0.4) is 0 Å². The standard InChI is InChI=1S/C17H15ClN2O5/c1-19(2)16(21)15(11-6-4-3-5-7-11)25-17(22)13-10-12(18)8-9-14(13)20(23)24/h3-10,15H,1-2H3/t15-/m0/s1. The maximum atomic E-state index is 12.5. The first kappa shape index (κ1) is 18.4. The van der Waals surface area contributed by atoms with Gasteiger partial charge in [0.2, 0.25) is 6.10 Å². The Morgan fingerprint density at radius 1 is 1.16 bits per heavy atom. The first-order chi connectivity index (χ1) is 11.8. The van der Waals surface area contributed by atoms with Gasteiger partial charge in [-0.25, -0.2) is 4.79 Å². The summed E-state index contributed by atoms with van der Waals surface area (Å²) in [7, 11) is 3.04. The normalized spacial score (nSPS) is 11.5. The van der Waals surface area contributed by atoms with Crippen LogP contribution in [0.1, 0.15) is 22.0 Å². The van der Waals surface area contributed by atoms with E-state index in [1.54, 1.807) is 30.3 Å². The zero-order chi connectivity index (χ0) is 18.6. The summed E-state index contributed by atoms with van der Waals surface area (Å²) in [6, 6.07) is 12.0. The second-order valence-electron chi connectivity index (χ2n) is 5.35. The van der Waals surface area contributed by atoms with Gasteiger partial charge in [-0.3, -0.25) is 14.9 Å². The van der Waals surface area contributed by atoms with E-state index in [9.17, 15) is 19.7 Å². The van der Waals surface area contributed by atoms with E-state index in [2.05, 4.69) is 0 Å². The Morgan fingerprint density at radius 3 is 2.36 bits per heavy atom. The van der Waals surface area contributed by atoms with Gasteiger partial charge in [-0.1, -0.05) is 41.9 Å². The Bertz CT molecular complexity index is 808. The molecule has 0 aliphatic carbocycles. The van der Waals surface area contributed by atoms with Crippen molar-refractivity contribution in [2.24, 2.45) is 0 Å². The largest absolute Gasteiger partial charge is 0.443 e. The molecule has 0 radical (unpaired) electrons. The molecule has 0 unspecified atom stereocenters. The Hall–Kier alpha value is -2.93. The van der Waals surface area contributed by atoms with Crippen molar-refractivity contribution in [2.75, 3.05) is 14.1 Å². The smallest absolute Gasteiger partial charge is 0.346 e. The van der Waals surface area contributed by atoms with E-state index < -0.39 is 28.6 Å². The molecule has 2 aromatic rings. The minimum absolute atomic E-state index is 0.146. The molecule has 0 heterocycles. The minimum Gasteiger partial charge on any atom is -0.443 e. The van der Waals surface area contributed by atoms with Gasteiger partial charge in [0.05, 0.1) is 4.92 Å². The molecule has 0 spiro atoms. The number of nitrogens with zero attached hydrogens (tertiary/aromatic N) is 2. The van der Waals surface area contributed by atoms with Crippen LogP contribution >= 0.6 is 11.6 Å². The van der Waals surface area contributed by atoms with Crippen LogP contribution in [0.25, 0.3) is 0 Å². The van der Waals surface area contributed by atoms with Crippen LogP contribution in [0, 0.1) is 10.1 Å². The van der Waals surface area contributed by atoms with Gasteiger partial charge in [-0.2, -0.15) is 0 Å².